The fraction of sp³-hybridized carbons (Fsp3) is 0.538. The van der Waals surface area contributed by atoms with Gasteiger partial charge in [0.2, 0.25) is 0 Å². The van der Waals surface area contributed by atoms with Crippen LogP contribution in [0.15, 0.2) is 18.2 Å². The van der Waals surface area contributed by atoms with Crippen LogP contribution in [0.2, 0.25) is 0 Å². The maximum Gasteiger partial charge on any atom is 0.131 e. The third-order valence-electron chi connectivity index (χ3n) is 2.21. The van der Waals surface area contributed by atoms with Gasteiger partial charge in [-0.2, -0.15) is 5.48 Å². The van der Waals surface area contributed by atoms with Crippen molar-refractivity contribution in [2.45, 2.75) is 39.3 Å². The Morgan fingerprint density at radius 2 is 1.94 bits per heavy atom. The van der Waals surface area contributed by atoms with E-state index in [4.69, 9.17) is 9.57 Å². The molecular weight excluding hydrogens is 221 g/mol. The third kappa shape index (κ3) is 3.98. The van der Waals surface area contributed by atoms with E-state index in [1.807, 2.05) is 27.7 Å². The molecule has 0 saturated carbocycles. The smallest absolute Gasteiger partial charge is 0.131 e. The molecule has 96 valence electrons. The van der Waals surface area contributed by atoms with Crippen LogP contribution in [-0.2, 0) is 4.84 Å². The summed E-state index contributed by atoms with van der Waals surface area (Å²) in [5.74, 6) is 0.212. The highest BCUT2D eigenvalue weighted by atomic mass is 19.1. The van der Waals surface area contributed by atoms with Crippen LogP contribution in [0.5, 0.6) is 5.75 Å². The molecule has 17 heavy (non-hydrogen) atoms. The van der Waals surface area contributed by atoms with Gasteiger partial charge in [-0.05, 0) is 39.8 Å². The maximum absolute atomic E-state index is 13.7. The summed E-state index contributed by atoms with van der Waals surface area (Å²) in [6.07, 6.45) is 0. The lowest BCUT2D eigenvalue weighted by atomic mass is 10.1. The van der Waals surface area contributed by atoms with E-state index in [-0.39, 0.29) is 17.5 Å². The Bertz CT molecular complexity index is 374. The van der Waals surface area contributed by atoms with Gasteiger partial charge < -0.3 is 4.74 Å². The number of nitrogens with one attached hydrogen (secondary N) is 1. The number of hydroxylamine groups is 1. The minimum Gasteiger partial charge on any atom is -0.496 e. The van der Waals surface area contributed by atoms with Gasteiger partial charge in [-0.3, -0.25) is 4.84 Å². The Morgan fingerprint density at radius 1 is 1.29 bits per heavy atom. The van der Waals surface area contributed by atoms with E-state index in [9.17, 15) is 4.39 Å². The van der Waals surface area contributed by atoms with Crippen molar-refractivity contribution >= 4 is 0 Å². The van der Waals surface area contributed by atoms with Gasteiger partial charge in [0.1, 0.15) is 11.6 Å². The van der Waals surface area contributed by atoms with Crippen molar-refractivity contribution in [3.8, 4) is 5.75 Å². The minimum atomic E-state index is -0.327. The van der Waals surface area contributed by atoms with Crippen molar-refractivity contribution in [2.24, 2.45) is 0 Å². The van der Waals surface area contributed by atoms with E-state index in [1.165, 1.54) is 13.2 Å². The molecule has 1 aromatic rings. The molecule has 0 fully saturated rings. The van der Waals surface area contributed by atoms with E-state index < -0.39 is 0 Å². The second-order valence-corrected chi connectivity index (χ2v) is 4.91. The second-order valence-electron chi connectivity index (χ2n) is 4.91. The van der Waals surface area contributed by atoms with Gasteiger partial charge in [0.25, 0.3) is 0 Å². The third-order valence-corrected chi connectivity index (χ3v) is 2.21. The van der Waals surface area contributed by atoms with Crippen molar-refractivity contribution in [1.29, 1.82) is 0 Å². The minimum absolute atomic E-state index is 0.287. The summed E-state index contributed by atoms with van der Waals surface area (Å²) in [6.45, 7) is 7.59. The molecule has 4 heteroatoms. The first-order valence-electron chi connectivity index (χ1n) is 5.61. The molecule has 3 nitrogen and oxygen atoms in total. The number of rotatable bonds is 4. The van der Waals surface area contributed by atoms with E-state index >= 15 is 0 Å². The fourth-order valence-electron chi connectivity index (χ4n) is 1.44. The summed E-state index contributed by atoms with van der Waals surface area (Å²) in [5, 5.41) is 0. The number of halogens is 1. The Hall–Kier alpha value is -1.13. The summed E-state index contributed by atoms with van der Waals surface area (Å²) in [6, 6.07) is 4.47. The topological polar surface area (TPSA) is 30.5 Å². The molecule has 1 atom stereocenters. The zero-order chi connectivity index (χ0) is 13.1. The first-order chi connectivity index (χ1) is 7.85. The Balaban J connectivity index is 2.84. The largest absolute Gasteiger partial charge is 0.496 e. The molecule has 0 spiro atoms. The molecule has 1 N–H and O–H groups in total. The van der Waals surface area contributed by atoms with E-state index in [0.29, 0.717) is 11.3 Å². The van der Waals surface area contributed by atoms with E-state index in [0.717, 1.165) is 0 Å². The number of methoxy groups -OCH3 is 1. The average Bonchev–Trinajstić information content (AvgIpc) is 2.24. The first kappa shape index (κ1) is 13.9. The van der Waals surface area contributed by atoms with Gasteiger partial charge in [-0.1, -0.05) is 6.07 Å². The van der Waals surface area contributed by atoms with Gasteiger partial charge in [0, 0.05) is 5.56 Å². The Morgan fingerprint density at radius 3 is 2.47 bits per heavy atom. The standard InChI is InChI=1S/C13H20FNO2/c1-9(15-17-13(2,3)4)12-10(14)7-6-8-11(12)16-5/h6-9,15H,1-5H3. The van der Waals surface area contributed by atoms with Gasteiger partial charge in [0.15, 0.2) is 0 Å². The van der Waals surface area contributed by atoms with Crippen LogP contribution in [0.4, 0.5) is 4.39 Å². The Kier molecular flexibility index (Phi) is 4.48. The molecule has 1 aromatic carbocycles. The van der Waals surface area contributed by atoms with Crippen molar-refractivity contribution < 1.29 is 14.0 Å². The zero-order valence-electron chi connectivity index (χ0n) is 11.0. The van der Waals surface area contributed by atoms with Crippen molar-refractivity contribution in [3.05, 3.63) is 29.6 Å². The van der Waals surface area contributed by atoms with Crippen molar-refractivity contribution in [1.82, 2.24) is 5.48 Å². The van der Waals surface area contributed by atoms with Gasteiger partial charge >= 0.3 is 0 Å². The SMILES string of the molecule is COc1cccc(F)c1C(C)NOC(C)(C)C. The maximum atomic E-state index is 13.7. The van der Waals surface area contributed by atoms with Gasteiger partial charge in [-0.25, -0.2) is 4.39 Å². The summed E-state index contributed by atoms with van der Waals surface area (Å²) >= 11 is 0. The normalized spacial score (nSPS) is 13.5. The highest BCUT2D eigenvalue weighted by Gasteiger charge is 2.19. The van der Waals surface area contributed by atoms with E-state index in [2.05, 4.69) is 5.48 Å². The molecule has 0 bridgehead atoms. The first-order valence-corrected chi connectivity index (χ1v) is 5.61. The number of hydrogen-bond acceptors (Lipinski definition) is 3. The van der Waals surface area contributed by atoms with Crippen LogP contribution < -0.4 is 10.2 Å². The molecule has 1 unspecified atom stereocenters. The van der Waals surface area contributed by atoms with Crippen LogP contribution in [0, 0.1) is 5.82 Å². The highest BCUT2D eigenvalue weighted by Crippen LogP contribution is 2.27. The van der Waals surface area contributed by atoms with Gasteiger partial charge in [0.05, 0.1) is 18.8 Å². The number of benzene rings is 1. The van der Waals surface area contributed by atoms with Crippen LogP contribution in [-0.4, -0.2) is 12.7 Å². The van der Waals surface area contributed by atoms with Crippen molar-refractivity contribution in [2.75, 3.05) is 7.11 Å². The predicted octanol–water partition coefficient (Wildman–Crippen LogP) is 3.22. The molecule has 1 rings (SSSR count). The quantitative estimate of drug-likeness (QED) is 0.821. The summed E-state index contributed by atoms with van der Waals surface area (Å²) in [5.41, 5.74) is 2.98. The summed E-state index contributed by atoms with van der Waals surface area (Å²) in [7, 11) is 1.52. The summed E-state index contributed by atoms with van der Waals surface area (Å²) < 4.78 is 18.9. The molecule has 0 aliphatic heterocycles. The monoisotopic (exact) mass is 241 g/mol. The highest BCUT2D eigenvalue weighted by molar-refractivity contribution is 5.36. The molecule has 0 aromatic heterocycles. The fourth-order valence-corrected chi connectivity index (χ4v) is 1.44. The predicted molar refractivity (Wildman–Crippen MR) is 65.3 cm³/mol. The molecule has 0 heterocycles. The van der Waals surface area contributed by atoms with Gasteiger partial charge in [-0.15, -0.1) is 0 Å². The number of ether oxygens (including phenoxy) is 1. The molecule has 0 aliphatic carbocycles. The van der Waals surface area contributed by atoms with Crippen molar-refractivity contribution in [3.63, 3.8) is 0 Å². The molecule has 0 saturated heterocycles. The lowest BCUT2D eigenvalue weighted by molar-refractivity contribution is -0.0872. The number of hydrogen-bond donors (Lipinski definition) is 1. The molecule has 0 radical (unpaired) electrons. The lowest BCUT2D eigenvalue weighted by Gasteiger charge is -2.24. The van der Waals surface area contributed by atoms with Crippen LogP contribution in [0.3, 0.4) is 0 Å². The second kappa shape index (κ2) is 5.47. The molecule has 0 aliphatic rings. The van der Waals surface area contributed by atoms with Crippen LogP contribution >= 0.6 is 0 Å². The summed E-state index contributed by atoms with van der Waals surface area (Å²) in [4.78, 5) is 5.43. The van der Waals surface area contributed by atoms with Crippen LogP contribution in [0.25, 0.3) is 0 Å². The zero-order valence-corrected chi connectivity index (χ0v) is 11.0. The molecular formula is C13H20FNO2. The average molecular weight is 241 g/mol. The van der Waals surface area contributed by atoms with E-state index in [1.54, 1.807) is 12.1 Å². The lowest BCUT2D eigenvalue weighted by Crippen LogP contribution is -2.31. The van der Waals surface area contributed by atoms with Crippen LogP contribution in [0.1, 0.15) is 39.3 Å². The Labute approximate surface area is 102 Å². The molecule has 0 amide bonds.